The molecule has 2 atom stereocenters. The zero-order valence-electron chi connectivity index (χ0n) is 8.74. The Morgan fingerprint density at radius 2 is 2.33 bits per heavy atom. The van der Waals surface area contributed by atoms with Gasteiger partial charge in [0.1, 0.15) is 6.23 Å². The standard InChI is InChI=1S/C10H14BrN3O/c1-3-8-10(15)13-7-5-12-4-6(11)9(7)14(8)2/h4-5,8,10,13,15H,3H2,1-2H3/t8-,10?/m1/s1. The lowest BCUT2D eigenvalue weighted by Gasteiger charge is -2.40. The summed E-state index contributed by atoms with van der Waals surface area (Å²) in [6.45, 7) is 2.06. The maximum absolute atomic E-state index is 9.88. The number of anilines is 2. The summed E-state index contributed by atoms with van der Waals surface area (Å²) >= 11 is 3.47. The molecule has 1 aromatic rings. The molecule has 82 valence electrons. The highest BCUT2D eigenvalue weighted by molar-refractivity contribution is 9.10. The Hall–Kier alpha value is -0.810. The maximum atomic E-state index is 9.88. The van der Waals surface area contributed by atoms with Gasteiger partial charge >= 0.3 is 0 Å². The van der Waals surface area contributed by atoms with E-state index in [4.69, 9.17) is 0 Å². The highest BCUT2D eigenvalue weighted by atomic mass is 79.9. The van der Waals surface area contributed by atoms with Crippen LogP contribution in [0.25, 0.3) is 0 Å². The third kappa shape index (κ3) is 1.70. The minimum atomic E-state index is -0.538. The topological polar surface area (TPSA) is 48.4 Å². The van der Waals surface area contributed by atoms with Gasteiger partial charge in [-0.1, -0.05) is 6.92 Å². The molecule has 2 rings (SSSR count). The first-order chi connectivity index (χ1) is 7.15. The first kappa shape index (κ1) is 10.7. The van der Waals surface area contributed by atoms with E-state index in [0.717, 1.165) is 22.3 Å². The zero-order valence-corrected chi connectivity index (χ0v) is 10.3. The second-order valence-electron chi connectivity index (χ2n) is 3.69. The zero-order chi connectivity index (χ0) is 11.0. The van der Waals surface area contributed by atoms with E-state index in [1.54, 1.807) is 12.4 Å². The number of halogens is 1. The van der Waals surface area contributed by atoms with Gasteiger partial charge in [-0.2, -0.15) is 0 Å². The molecule has 2 N–H and O–H groups in total. The Balaban J connectivity index is 2.46. The van der Waals surface area contributed by atoms with Crippen LogP contribution in [0.5, 0.6) is 0 Å². The van der Waals surface area contributed by atoms with Gasteiger partial charge in [-0.15, -0.1) is 0 Å². The van der Waals surface area contributed by atoms with E-state index in [1.807, 2.05) is 7.05 Å². The highest BCUT2D eigenvalue weighted by Crippen LogP contribution is 2.38. The third-order valence-corrected chi connectivity index (χ3v) is 3.39. The average Bonchev–Trinajstić information content (AvgIpc) is 2.17. The van der Waals surface area contributed by atoms with Crippen molar-refractivity contribution in [1.29, 1.82) is 0 Å². The van der Waals surface area contributed by atoms with E-state index < -0.39 is 6.23 Å². The minimum absolute atomic E-state index is 0.0937. The van der Waals surface area contributed by atoms with Crippen molar-refractivity contribution in [2.45, 2.75) is 25.6 Å². The average molecular weight is 272 g/mol. The molecule has 1 aliphatic heterocycles. The SMILES string of the molecule is CC[C@@H]1C(O)Nc2cncc(Br)c2N1C. The summed E-state index contributed by atoms with van der Waals surface area (Å²) < 4.78 is 0.945. The van der Waals surface area contributed by atoms with Gasteiger partial charge < -0.3 is 15.3 Å². The molecule has 0 saturated carbocycles. The van der Waals surface area contributed by atoms with Crippen LogP contribution in [0.2, 0.25) is 0 Å². The molecular weight excluding hydrogens is 258 g/mol. The third-order valence-electron chi connectivity index (χ3n) is 2.81. The number of nitrogens with one attached hydrogen (secondary N) is 1. The van der Waals surface area contributed by atoms with Crippen LogP contribution in [-0.2, 0) is 0 Å². The number of hydrogen-bond acceptors (Lipinski definition) is 4. The predicted octanol–water partition coefficient (Wildman–Crippen LogP) is 1.80. The van der Waals surface area contributed by atoms with Crippen LogP contribution >= 0.6 is 15.9 Å². The Bertz CT molecular complexity index is 372. The van der Waals surface area contributed by atoms with Gasteiger partial charge in [0.25, 0.3) is 0 Å². The molecule has 0 bridgehead atoms. The van der Waals surface area contributed by atoms with Crippen LogP contribution < -0.4 is 10.2 Å². The minimum Gasteiger partial charge on any atom is -0.372 e. The number of aromatic nitrogens is 1. The molecule has 4 nitrogen and oxygen atoms in total. The van der Waals surface area contributed by atoms with Gasteiger partial charge in [0.05, 0.1) is 28.1 Å². The summed E-state index contributed by atoms with van der Waals surface area (Å²) in [6.07, 6.45) is 3.84. The van der Waals surface area contributed by atoms with E-state index in [2.05, 4.69) is 38.1 Å². The summed E-state index contributed by atoms with van der Waals surface area (Å²) in [5, 5.41) is 12.9. The van der Waals surface area contributed by atoms with Crippen LogP contribution in [0.15, 0.2) is 16.9 Å². The van der Waals surface area contributed by atoms with E-state index in [1.165, 1.54) is 0 Å². The Morgan fingerprint density at radius 3 is 3.00 bits per heavy atom. The number of rotatable bonds is 1. The van der Waals surface area contributed by atoms with Gasteiger partial charge in [0.2, 0.25) is 0 Å². The first-order valence-corrected chi connectivity index (χ1v) is 5.75. The first-order valence-electron chi connectivity index (χ1n) is 4.96. The number of likely N-dealkylation sites (N-methyl/N-ethyl adjacent to an activating group) is 1. The molecule has 5 heteroatoms. The monoisotopic (exact) mass is 271 g/mol. The molecule has 0 radical (unpaired) electrons. The molecule has 0 amide bonds. The molecule has 2 heterocycles. The largest absolute Gasteiger partial charge is 0.372 e. The van der Waals surface area contributed by atoms with Crippen LogP contribution in [-0.4, -0.2) is 29.4 Å². The molecule has 0 aromatic carbocycles. The number of hydrogen-bond donors (Lipinski definition) is 2. The van der Waals surface area contributed by atoms with Crippen LogP contribution in [0.1, 0.15) is 13.3 Å². The Labute approximate surface area is 97.4 Å². The van der Waals surface area contributed by atoms with Crippen molar-refractivity contribution in [3.63, 3.8) is 0 Å². The van der Waals surface area contributed by atoms with Gasteiger partial charge in [-0.3, -0.25) is 4.98 Å². The van der Waals surface area contributed by atoms with Gasteiger partial charge in [0, 0.05) is 13.2 Å². The normalized spacial score (nSPS) is 24.7. The molecule has 1 aliphatic rings. The van der Waals surface area contributed by atoms with Crippen LogP contribution in [0, 0.1) is 0 Å². The highest BCUT2D eigenvalue weighted by Gasteiger charge is 2.30. The Morgan fingerprint density at radius 1 is 1.60 bits per heavy atom. The molecule has 0 aliphatic carbocycles. The van der Waals surface area contributed by atoms with Crippen molar-refractivity contribution in [3.8, 4) is 0 Å². The number of fused-ring (bicyclic) bond motifs is 1. The molecule has 0 spiro atoms. The summed E-state index contributed by atoms with van der Waals surface area (Å²) in [6, 6.07) is 0.0937. The summed E-state index contributed by atoms with van der Waals surface area (Å²) in [5.74, 6) is 0. The summed E-state index contributed by atoms with van der Waals surface area (Å²) in [5.41, 5.74) is 1.92. The number of pyridine rings is 1. The van der Waals surface area contributed by atoms with Crippen molar-refractivity contribution < 1.29 is 5.11 Å². The maximum Gasteiger partial charge on any atom is 0.145 e. The molecular formula is C10H14BrN3O. The smallest absolute Gasteiger partial charge is 0.145 e. The van der Waals surface area contributed by atoms with Gasteiger partial charge in [-0.25, -0.2) is 0 Å². The van der Waals surface area contributed by atoms with Gasteiger partial charge in [0.15, 0.2) is 0 Å². The number of aliphatic hydroxyl groups excluding tert-OH is 1. The molecule has 15 heavy (non-hydrogen) atoms. The van der Waals surface area contributed by atoms with E-state index >= 15 is 0 Å². The van der Waals surface area contributed by atoms with Crippen molar-refractivity contribution >= 4 is 27.3 Å². The predicted molar refractivity (Wildman–Crippen MR) is 64.0 cm³/mol. The van der Waals surface area contributed by atoms with Crippen LogP contribution in [0.4, 0.5) is 11.4 Å². The van der Waals surface area contributed by atoms with Crippen molar-refractivity contribution in [2.24, 2.45) is 0 Å². The van der Waals surface area contributed by atoms with Crippen molar-refractivity contribution in [3.05, 3.63) is 16.9 Å². The van der Waals surface area contributed by atoms with E-state index in [0.29, 0.717) is 0 Å². The van der Waals surface area contributed by atoms with Gasteiger partial charge in [-0.05, 0) is 22.4 Å². The molecule has 1 unspecified atom stereocenters. The fourth-order valence-electron chi connectivity index (χ4n) is 2.02. The number of nitrogens with zero attached hydrogens (tertiary/aromatic N) is 2. The quantitative estimate of drug-likeness (QED) is 0.818. The van der Waals surface area contributed by atoms with E-state index in [-0.39, 0.29) is 6.04 Å². The summed E-state index contributed by atoms with van der Waals surface area (Å²) in [4.78, 5) is 6.16. The number of aliphatic hydroxyl groups is 1. The second-order valence-corrected chi connectivity index (χ2v) is 4.55. The van der Waals surface area contributed by atoms with Crippen molar-refractivity contribution in [1.82, 2.24) is 4.98 Å². The molecule has 1 aromatic heterocycles. The summed E-state index contributed by atoms with van der Waals surface area (Å²) in [7, 11) is 1.99. The fourth-order valence-corrected chi connectivity index (χ4v) is 2.63. The second kappa shape index (κ2) is 3.98. The lowest BCUT2D eigenvalue weighted by molar-refractivity contribution is 0.163. The molecule has 0 fully saturated rings. The van der Waals surface area contributed by atoms with Crippen LogP contribution in [0.3, 0.4) is 0 Å². The fraction of sp³-hybridized carbons (Fsp3) is 0.500. The van der Waals surface area contributed by atoms with E-state index in [9.17, 15) is 5.11 Å². The lowest BCUT2D eigenvalue weighted by atomic mass is 10.1. The molecule has 0 saturated heterocycles. The lowest BCUT2D eigenvalue weighted by Crippen LogP contribution is -2.48. The van der Waals surface area contributed by atoms with Crippen molar-refractivity contribution in [2.75, 3.05) is 17.3 Å². The Kier molecular flexibility index (Phi) is 2.84.